The van der Waals surface area contributed by atoms with Gasteiger partial charge < -0.3 is 16.0 Å². The maximum Gasteiger partial charge on any atom is 0.253 e. The first-order chi connectivity index (χ1) is 8.24. The number of carbonyl (C=O) groups is 1. The summed E-state index contributed by atoms with van der Waals surface area (Å²) < 4.78 is 0. The van der Waals surface area contributed by atoms with Crippen LogP contribution < -0.4 is 11.1 Å². The summed E-state index contributed by atoms with van der Waals surface area (Å²) >= 11 is 5.79. The largest absolute Gasteiger partial charge is 0.398 e. The maximum atomic E-state index is 12.0. The summed E-state index contributed by atoms with van der Waals surface area (Å²) in [5.41, 5.74) is 6.50. The zero-order chi connectivity index (χ0) is 13.9. The van der Waals surface area contributed by atoms with Crippen molar-refractivity contribution in [3.8, 4) is 0 Å². The minimum Gasteiger partial charge on any atom is -0.398 e. The Kier molecular flexibility index (Phi) is 4.59. The second kappa shape index (κ2) is 5.59. The first-order valence-corrected chi connectivity index (χ1v) is 6.12. The fraction of sp³-hybridized carbons (Fsp3) is 0.462. The van der Waals surface area contributed by atoms with Crippen LogP contribution in [0.1, 0.15) is 24.2 Å². The molecule has 0 atom stereocenters. The fourth-order valence-electron chi connectivity index (χ4n) is 1.29. The molecule has 1 aromatic carbocycles. The number of nitrogens with one attached hydrogen (secondary N) is 1. The van der Waals surface area contributed by atoms with Crippen molar-refractivity contribution in [2.24, 2.45) is 0 Å². The molecule has 100 valence electrons. The molecule has 4 nitrogen and oxygen atoms in total. The number of hydrogen-bond acceptors (Lipinski definition) is 3. The van der Waals surface area contributed by atoms with Gasteiger partial charge in [0, 0.05) is 22.8 Å². The fourth-order valence-corrected chi connectivity index (χ4v) is 1.47. The summed E-state index contributed by atoms with van der Waals surface area (Å²) in [5.74, 6) is -0.181. The minimum absolute atomic E-state index is 0.114. The van der Waals surface area contributed by atoms with E-state index in [1.807, 2.05) is 14.1 Å². The lowest BCUT2D eigenvalue weighted by atomic mass is 10.0. The normalized spacial score (nSPS) is 11.7. The Bertz CT molecular complexity index is 444. The summed E-state index contributed by atoms with van der Waals surface area (Å²) in [4.78, 5) is 14.0. The minimum atomic E-state index is -0.181. The predicted molar refractivity (Wildman–Crippen MR) is 76.0 cm³/mol. The second-order valence-electron chi connectivity index (χ2n) is 5.12. The molecular weight excluding hydrogens is 250 g/mol. The lowest BCUT2D eigenvalue weighted by Crippen LogP contribution is -2.48. The lowest BCUT2D eigenvalue weighted by Gasteiger charge is -2.32. The summed E-state index contributed by atoms with van der Waals surface area (Å²) in [5, 5.41) is 3.40. The molecule has 0 fully saturated rings. The Labute approximate surface area is 113 Å². The summed E-state index contributed by atoms with van der Waals surface area (Å²) in [6, 6.07) is 4.87. The number of nitrogens with two attached hydrogens (primary N) is 1. The highest BCUT2D eigenvalue weighted by Crippen LogP contribution is 2.18. The van der Waals surface area contributed by atoms with Gasteiger partial charge in [-0.15, -0.1) is 0 Å². The summed E-state index contributed by atoms with van der Waals surface area (Å²) in [6.07, 6.45) is 0. The molecular formula is C13H20ClN3O. The number of hydrogen-bond donors (Lipinski definition) is 2. The third kappa shape index (κ3) is 3.62. The van der Waals surface area contributed by atoms with E-state index in [9.17, 15) is 4.79 Å². The molecule has 0 unspecified atom stereocenters. The van der Waals surface area contributed by atoms with Gasteiger partial charge in [-0.3, -0.25) is 4.79 Å². The van der Waals surface area contributed by atoms with Gasteiger partial charge in [0.15, 0.2) is 0 Å². The van der Waals surface area contributed by atoms with Crippen molar-refractivity contribution in [3.63, 3.8) is 0 Å². The first-order valence-electron chi connectivity index (χ1n) is 5.74. The van der Waals surface area contributed by atoms with Gasteiger partial charge in [-0.2, -0.15) is 0 Å². The van der Waals surface area contributed by atoms with E-state index in [1.165, 1.54) is 0 Å². The lowest BCUT2D eigenvalue weighted by molar-refractivity contribution is 0.0920. The van der Waals surface area contributed by atoms with E-state index in [-0.39, 0.29) is 11.4 Å². The van der Waals surface area contributed by atoms with Crippen LogP contribution in [0.15, 0.2) is 18.2 Å². The Morgan fingerprint density at radius 2 is 2.06 bits per heavy atom. The van der Waals surface area contributed by atoms with E-state index >= 15 is 0 Å². The van der Waals surface area contributed by atoms with Gasteiger partial charge in [0.25, 0.3) is 5.91 Å². The number of carbonyl (C=O) groups excluding carboxylic acids is 1. The van der Waals surface area contributed by atoms with E-state index < -0.39 is 0 Å². The van der Waals surface area contributed by atoms with Crippen LogP contribution in [0, 0.1) is 0 Å². The molecule has 0 radical (unpaired) electrons. The van der Waals surface area contributed by atoms with Crippen molar-refractivity contribution in [2.75, 3.05) is 26.4 Å². The second-order valence-corrected chi connectivity index (χ2v) is 5.56. The molecule has 1 aromatic rings. The molecule has 0 aliphatic rings. The quantitative estimate of drug-likeness (QED) is 0.822. The van der Waals surface area contributed by atoms with Gasteiger partial charge in [0.1, 0.15) is 0 Å². The highest BCUT2D eigenvalue weighted by atomic mass is 35.5. The number of nitrogens with zero attached hydrogens (tertiary/aromatic N) is 1. The van der Waals surface area contributed by atoms with Crippen molar-refractivity contribution < 1.29 is 4.79 Å². The standard InChI is InChI=1S/C13H20ClN3O/c1-13(2,17(3)4)8-16-12(18)10-6-5-9(14)7-11(10)15/h5-7H,8,15H2,1-4H3,(H,16,18). The Morgan fingerprint density at radius 3 is 2.56 bits per heavy atom. The van der Waals surface area contributed by atoms with Gasteiger partial charge in [0.2, 0.25) is 0 Å². The van der Waals surface area contributed by atoms with E-state index in [1.54, 1.807) is 18.2 Å². The average Bonchev–Trinajstić information content (AvgIpc) is 2.25. The van der Waals surface area contributed by atoms with Crippen molar-refractivity contribution in [1.82, 2.24) is 10.2 Å². The molecule has 0 spiro atoms. The van der Waals surface area contributed by atoms with Crippen LogP contribution in [0.5, 0.6) is 0 Å². The average molecular weight is 270 g/mol. The molecule has 18 heavy (non-hydrogen) atoms. The molecule has 1 rings (SSSR count). The molecule has 1 amide bonds. The smallest absolute Gasteiger partial charge is 0.253 e. The van der Waals surface area contributed by atoms with E-state index in [2.05, 4.69) is 24.1 Å². The van der Waals surface area contributed by atoms with Crippen LogP contribution in [-0.2, 0) is 0 Å². The van der Waals surface area contributed by atoms with Crippen LogP contribution in [0.3, 0.4) is 0 Å². The molecule has 0 saturated heterocycles. The monoisotopic (exact) mass is 269 g/mol. The van der Waals surface area contributed by atoms with Crippen molar-refractivity contribution in [3.05, 3.63) is 28.8 Å². The van der Waals surface area contributed by atoms with Crippen LogP contribution >= 0.6 is 11.6 Å². The van der Waals surface area contributed by atoms with Crippen LogP contribution in [0.2, 0.25) is 5.02 Å². The number of nitrogen functional groups attached to an aromatic ring is 1. The number of amides is 1. The van der Waals surface area contributed by atoms with Crippen molar-refractivity contribution in [1.29, 1.82) is 0 Å². The van der Waals surface area contributed by atoms with Crippen LogP contribution in [-0.4, -0.2) is 37.0 Å². The summed E-state index contributed by atoms with van der Waals surface area (Å²) in [7, 11) is 3.95. The van der Waals surface area contributed by atoms with E-state index in [0.29, 0.717) is 22.8 Å². The molecule has 0 bridgehead atoms. The third-order valence-corrected chi connectivity index (χ3v) is 3.39. The Balaban J connectivity index is 2.72. The molecule has 0 aliphatic heterocycles. The van der Waals surface area contributed by atoms with Gasteiger partial charge in [0.05, 0.1) is 5.56 Å². The van der Waals surface area contributed by atoms with Crippen molar-refractivity contribution >= 4 is 23.2 Å². The number of benzene rings is 1. The van der Waals surface area contributed by atoms with E-state index in [0.717, 1.165) is 0 Å². The molecule has 0 aliphatic carbocycles. The SMILES string of the molecule is CN(C)C(C)(C)CNC(=O)c1ccc(Cl)cc1N. The number of likely N-dealkylation sites (N-methyl/N-ethyl adjacent to an activating group) is 1. The van der Waals surface area contributed by atoms with Crippen LogP contribution in [0.4, 0.5) is 5.69 Å². The molecule has 0 aromatic heterocycles. The highest BCUT2D eigenvalue weighted by molar-refractivity contribution is 6.31. The van der Waals surface area contributed by atoms with Crippen molar-refractivity contribution in [2.45, 2.75) is 19.4 Å². The Morgan fingerprint density at radius 1 is 1.44 bits per heavy atom. The number of anilines is 1. The first kappa shape index (κ1) is 14.8. The molecule has 0 heterocycles. The Hall–Kier alpha value is -1.26. The molecule has 0 saturated carbocycles. The molecule has 5 heteroatoms. The third-order valence-electron chi connectivity index (χ3n) is 3.15. The number of rotatable bonds is 4. The molecule has 3 N–H and O–H groups in total. The van der Waals surface area contributed by atoms with Crippen LogP contribution in [0.25, 0.3) is 0 Å². The zero-order valence-electron chi connectivity index (χ0n) is 11.2. The highest BCUT2D eigenvalue weighted by Gasteiger charge is 2.21. The number of halogens is 1. The maximum absolute atomic E-state index is 12.0. The zero-order valence-corrected chi connectivity index (χ0v) is 12.0. The van der Waals surface area contributed by atoms with Gasteiger partial charge in [-0.25, -0.2) is 0 Å². The van der Waals surface area contributed by atoms with Gasteiger partial charge >= 0.3 is 0 Å². The predicted octanol–water partition coefficient (Wildman–Crippen LogP) is 1.99. The van der Waals surface area contributed by atoms with Gasteiger partial charge in [-0.1, -0.05) is 11.6 Å². The summed E-state index contributed by atoms with van der Waals surface area (Å²) in [6.45, 7) is 4.65. The van der Waals surface area contributed by atoms with Gasteiger partial charge in [-0.05, 0) is 46.1 Å². The topological polar surface area (TPSA) is 58.4 Å². The van der Waals surface area contributed by atoms with E-state index in [4.69, 9.17) is 17.3 Å².